The topological polar surface area (TPSA) is 63.7 Å². The molecular weight excluding hydrogens is 551 g/mol. The third-order valence-corrected chi connectivity index (χ3v) is 8.46. The minimum Gasteiger partial charge on any atom is -0.463 e. The van der Waals surface area contributed by atoms with Gasteiger partial charge in [-0.2, -0.15) is 13.2 Å². The molecule has 5 nitrogen and oxygen atoms in total. The molecule has 4 rings (SSSR count). The highest BCUT2D eigenvalue weighted by Gasteiger charge is 2.46. The molecule has 0 aliphatic carbocycles. The molecule has 3 aromatic carbocycles. The molecule has 0 radical (unpaired) electrons. The first kappa shape index (κ1) is 28.4. The van der Waals surface area contributed by atoms with Gasteiger partial charge >= 0.3 is 12.1 Å². The van der Waals surface area contributed by atoms with Gasteiger partial charge in [0, 0.05) is 10.9 Å². The minimum absolute atomic E-state index is 0.0253. The Morgan fingerprint density at radius 2 is 1.59 bits per heavy atom. The molecule has 1 heterocycles. The Morgan fingerprint density at radius 3 is 2.13 bits per heavy atom. The van der Waals surface area contributed by atoms with Gasteiger partial charge in [0.2, 0.25) is 0 Å². The number of carbonyl (C=O) groups is 1. The SMILES string of the molecule is C=C(C(=O)OCC)[C@@H]1[C@@H](c2ccc(C(F)(F)F)cc2)C=C(c2ccc(Cl)cc2)N1S(=O)(=O)c1ccc(C)cc1. The maximum absolute atomic E-state index is 14.2. The molecule has 0 saturated carbocycles. The average Bonchev–Trinajstić information content (AvgIpc) is 3.30. The van der Waals surface area contributed by atoms with Gasteiger partial charge in [-0.15, -0.1) is 0 Å². The van der Waals surface area contributed by atoms with Crippen molar-refractivity contribution in [2.24, 2.45) is 0 Å². The standard InChI is InChI=1S/C29H25ClF3NO4S/c1-4-38-28(35)19(3)27-25(20-7-11-22(12-8-20)29(31,32)33)17-26(21-9-13-23(30)14-10-21)34(27)39(36,37)24-15-5-18(2)6-16-24/h5-17,25,27H,3-4H2,1-2H3/t25-,27-/m1/s1. The van der Waals surface area contributed by atoms with Gasteiger partial charge in [0.25, 0.3) is 10.0 Å². The number of alkyl halides is 3. The number of ether oxygens (including phenoxy) is 1. The highest BCUT2D eigenvalue weighted by atomic mass is 35.5. The number of nitrogens with zero attached hydrogens (tertiary/aromatic N) is 1. The molecule has 0 fully saturated rings. The number of sulfonamides is 1. The summed E-state index contributed by atoms with van der Waals surface area (Å²) in [6.07, 6.45) is -2.93. The predicted molar refractivity (Wildman–Crippen MR) is 143 cm³/mol. The zero-order chi connectivity index (χ0) is 28.5. The number of hydrogen-bond acceptors (Lipinski definition) is 4. The van der Waals surface area contributed by atoms with Gasteiger partial charge in [-0.25, -0.2) is 13.2 Å². The maximum Gasteiger partial charge on any atom is 0.416 e. The Bertz CT molecular complexity index is 1510. The van der Waals surface area contributed by atoms with E-state index in [1.54, 1.807) is 49.4 Å². The molecule has 1 aliphatic heterocycles. The van der Waals surface area contributed by atoms with Gasteiger partial charge in [0.05, 0.1) is 34.4 Å². The lowest BCUT2D eigenvalue weighted by molar-refractivity contribution is -0.139. The molecule has 0 N–H and O–H groups in total. The van der Waals surface area contributed by atoms with Crippen LogP contribution in [0, 0.1) is 6.92 Å². The van der Waals surface area contributed by atoms with Crippen molar-refractivity contribution in [1.82, 2.24) is 4.31 Å². The number of benzene rings is 3. The van der Waals surface area contributed by atoms with Crippen molar-refractivity contribution in [3.8, 4) is 0 Å². The molecule has 0 amide bonds. The zero-order valence-corrected chi connectivity index (χ0v) is 22.6. The van der Waals surface area contributed by atoms with Crippen LogP contribution in [0.25, 0.3) is 5.70 Å². The average molecular weight is 576 g/mol. The van der Waals surface area contributed by atoms with Gasteiger partial charge in [-0.05, 0) is 67.4 Å². The summed E-state index contributed by atoms with van der Waals surface area (Å²) in [5, 5.41) is 0.428. The molecule has 204 valence electrons. The van der Waals surface area contributed by atoms with Crippen LogP contribution in [0.5, 0.6) is 0 Å². The van der Waals surface area contributed by atoms with Crippen molar-refractivity contribution >= 4 is 33.3 Å². The van der Waals surface area contributed by atoms with Gasteiger partial charge in [0.15, 0.2) is 0 Å². The van der Waals surface area contributed by atoms with Gasteiger partial charge in [-0.1, -0.05) is 60.1 Å². The Hall–Kier alpha value is -3.56. The molecular formula is C29H25ClF3NO4S. The third kappa shape index (κ3) is 5.74. The Balaban J connectivity index is 1.94. The first-order valence-electron chi connectivity index (χ1n) is 12.0. The molecule has 10 heteroatoms. The molecule has 39 heavy (non-hydrogen) atoms. The molecule has 1 aliphatic rings. The summed E-state index contributed by atoms with van der Waals surface area (Å²) in [5.41, 5.74) is 0.915. The maximum atomic E-state index is 14.2. The van der Waals surface area contributed by atoms with E-state index in [-0.39, 0.29) is 22.8 Å². The smallest absolute Gasteiger partial charge is 0.416 e. The molecule has 3 aromatic rings. The minimum atomic E-state index is -4.55. The van der Waals surface area contributed by atoms with Crippen LogP contribution < -0.4 is 0 Å². The molecule has 0 spiro atoms. The fourth-order valence-corrected chi connectivity index (χ4v) is 6.27. The quantitative estimate of drug-likeness (QED) is 0.225. The second-order valence-electron chi connectivity index (χ2n) is 9.01. The lowest BCUT2D eigenvalue weighted by Crippen LogP contribution is -2.41. The lowest BCUT2D eigenvalue weighted by Gasteiger charge is -2.32. The Kier molecular flexibility index (Phi) is 7.95. The number of esters is 1. The van der Waals surface area contributed by atoms with E-state index in [9.17, 15) is 26.4 Å². The van der Waals surface area contributed by atoms with Crippen LogP contribution in [0.15, 0.2) is 95.9 Å². The van der Waals surface area contributed by atoms with Crippen LogP contribution in [0.1, 0.15) is 35.1 Å². The van der Waals surface area contributed by atoms with E-state index >= 15 is 0 Å². The summed E-state index contributed by atoms with van der Waals surface area (Å²) < 4.78 is 74.4. The zero-order valence-electron chi connectivity index (χ0n) is 21.1. The second-order valence-corrected chi connectivity index (χ2v) is 11.3. The number of carbonyl (C=O) groups excluding carboxylic acids is 1. The number of aryl methyl sites for hydroxylation is 1. The highest BCUT2D eigenvalue weighted by Crippen LogP contribution is 2.46. The fraction of sp³-hybridized carbons (Fsp3) is 0.207. The van der Waals surface area contributed by atoms with Crippen LogP contribution in [0.3, 0.4) is 0 Å². The monoisotopic (exact) mass is 575 g/mol. The summed E-state index contributed by atoms with van der Waals surface area (Å²) in [6, 6.07) is 15.8. The van der Waals surface area contributed by atoms with Crippen molar-refractivity contribution in [1.29, 1.82) is 0 Å². The largest absolute Gasteiger partial charge is 0.463 e. The van der Waals surface area contributed by atoms with E-state index in [1.165, 1.54) is 24.3 Å². The van der Waals surface area contributed by atoms with Crippen molar-refractivity contribution in [3.63, 3.8) is 0 Å². The van der Waals surface area contributed by atoms with Gasteiger partial charge in [0.1, 0.15) is 0 Å². The molecule has 2 atom stereocenters. The summed E-state index contributed by atoms with van der Waals surface area (Å²) in [6.45, 7) is 7.33. The van der Waals surface area contributed by atoms with Gasteiger partial charge < -0.3 is 4.74 Å². The molecule has 0 saturated heterocycles. The summed E-state index contributed by atoms with van der Waals surface area (Å²) >= 11 is 6.07. The normalized spacial score (nSPS) is 17.6. The van der Waals surface area contributed by atoms with Crippen LogP contribution >= 0.6 is 11.6 Å². The molecule has 0 aromatic heterocycles. The van der Waals surface area contributed by atoms with Crippen LogP contribution in [0.4, 0.5) is 13.2 Å². The van der Waals surface area contributed by atoms with Crippen molar-refractivity contribution in [2.45, 2.75) is 36.9 Å². The van der Waals surface area contributed by atoms with E-state index < -0.39 is 39.7 Å². The van der Waals surface area contributed by atoms with E-state index in [4.69, 9.17) is 16.3 Å². The van der Waals surface area contributed by atoms with E-state index in [1.807, 2.05) is 6.92 Å². The van der Waals surface area contributed by atoms with Gasteiger partial charge in [-0.3, -0.25) is 4.31 Å². The summed E-state index contributed by atoms with van der Waals surface area (Å²) in [7, 11) is -4.29. The molecule has 0 bridgehead atoms. The second kappa shape index (κ2) is 10.9. The van der Waals surface area contributed by atoms with E-state index in [0.29, 0.717) is 16.1 Å². The summed E-state index contributed by atoms with van der Waals surface area (Å²) in [5.74, 6) is -1.66. The first-order chi connectivity index (χ1) is 18.3. The fourth-order valence-electron chi connectivity index (χ4n) is 4.45. The highest BCUT2D eigenvalue weighted by molar-refractivity contribution is 7.89. The lowest BCUT2D eigenvalue weighted by atomic mass is 9.88. The van der Waals surface area contributed by atoms with Crippen LogP contribution in [-0.4, -0.2) is 31.3 Å². The van der Waals surface area contributed by atoms with Crippen molar-refractivity contribution < 1.29 is 31.1 Å². The Morgan fingerprint density at radius 1 is 1.00 bits per heavy atom. The first-order valence-corrected chi connectivity index (χ1v) is 13.8. The third-order valence-electron chi connectivity index (χ3n) is 6.40. The van der Waals surface area contributed by atoms with Crippen molar-refractivity contribution in [2.75, 3.05) is 6.61 Å². The van der Waals surface area contributed by atoms with Crippen molar-refractivity contribution in [3.05, 3.63) is 118 Å². The number of rotatable bonds is 7. The van der Waals surface area contributed by atoms with E-state index in [0.717, 1.165) is 22.0 Å². The number of hydrogen-bond donors (Lipinski definition) is 0. The number of halogens is 4. The Labute approximate surface area is 230 Å². The van der Waals surface area contributed by atoms with E-state index in [2.05, 4.69) is 6.58 Å². The van der Waals surface area contributed by atoms with Crippen LogP contribution in [0.2, 0.25) is 5.02 Å². The summed E-state index contributed by atoms with van der Waals surface area (Å²) in [4.78, 5) is 12.9. The van der Waals surface area contributed by atoms with Crippen LogP contribution in [-0.2, 0) is 25.7 Å². The predicted octanol–water partition coefficient (Wildman–Crippen LogP) is 6.98. The molecule has 0 unspecified atom stereocenters.